The van der Waals surface area contributed by atoms with Crippen LogP contribution in [0, 0.1) is 11.3 Å². The van der Waals surface area contributed by atoms with E-state index in [2.05, 4.69) is 8.75 Å². The highest BCUT2D eigenvalue weighted by molar-refractivity contribution is 7.89. The van der Waals surface area contributed by atoms with E-state index in [9.17, 15) is 8.42 Å². The number of sulfonamides is 1. The van der Waals surface area contributed by atoms with Crippen LogP contribution in [0.2, 0.25) is 0 Å². The standard InChI is InChI=1S/C11H10N4O2S2/c12-7-8-3-2-6-15(8)19(16,17)10-5-1-4-9-11(10)14-18-13-9/h1,4-5,8H,2-3,6H2. The molecule has 1 unspecified atom stereocenters. The van der Waals surface area contributed by atoms with Gasteiger partial charge in [0.05, 0.1) is 17.8 Å². The van der Waals surface area contributed by atoms with Crippen molar-refractivity contribution in [3.8, 4) is 6.07 Å². The van der Waals surface area contributed by atoms with E-state index >= 15 is 0 Å². The summed E-state index contributed by atoms with van der Waals surface area (Å²) in [5.41, 5.74) is 0.954. The number of fused-ring (bicyclic) bond motifs is 1. The fraction of sp³-hybridized carbons (Fsp3) is 0.364. The van der Waals surface area contributed by atoms with Gasteiger partial charge in [0.25, 0.3) is 0 Å². The van der Waals surface area contributed by atoms with Crippen LogP contribution in [0.1, 0.15) is 12.8 Å². The fourth-order valence-corrected chi connectivity index (χ4v) is 4.63. The summed E-state index contributed by atoms with van der Waals surface area (Å²) in [4.78, 5) is 0.140. The zero-order valence-corrected chi connectivity index (χ0v) is 11.5. The maximum atomic E-state index is 12.6. The second-order valence-electron chi connectivity index (χ2n) is 4.29. The first-order valence-corrected chi connectivity index (χ1v) is 7.94. The van der Waals surface area contributed by atoms with Gasteiger partial charge in [0.1, 0.15) is 22.0 Å². The molecule has 1 aromatic carbocycles. The average Bonchev–Trinajstić information content (AvgIpc) is 3.06. The van der Waals surface area contributed by atoms with Gasteiger partial charge in [-0.3, -0.25) is 0 Å². The maximum Gasteiger partial charge on any atom is 0.246 e. The Labute approximate surface area is 114 Å². The first kappa shape index (κ1) is 12.5. The quantitative estimate of drug-likeness (QED) is 0.834. The molecule has 6 nitrogen and oxygen atoms in total. The Kier molecular flexibility index (Phi) is 2.97. The minimum Gasteiger partial charge on any atom is -0.207 e. The van der Waals surface area contributed by atoms with Crippen LogP contribution in [0.4, 0.5) is 0 Å². The van der Waals surface area contributed by atoms with Gasteiger partial charge in [-0.2, -0.15) is 18.3 Å². The van der Waals surface area contributed by atoms with Crippen molar-refractivity contribution in [2.75, 3.05) is 6.54 Å². The monoisotopic (exact) mass is 294 g/mol. The molecule has 8 heteroatoms. The van der Waals surface area contributed by atoms with E-state index in [-0.39, 0.29) is 4.90 Å². The summed E-state index contributed by atoms with van der Waals surface area (Å²) < 4.78 is 34.6. The molecule has 1 aromatic heterocycles. The molecule has 0 bridgehead atoms. The number of benzene rings is 1. The van der Waals surface area contributed by atoms with Crippen LogP contribution in [0.3, 0.4) is 0 Å². The summed E-state index contributed by atoms with van der Waals surface area (Å²) in [7, 11) is -3.68. The van der Waals surface area contributed by atoms with E-state index in [4.69, 9.17) is 5.26 Å². The van der Waals surface area contributed by atoms with Crippen LogP contribution in [-0.2, 0) is 10.0 Å². The lowest BCUT2D eigenvalue weighted by atomic mass is 10.2. The van der Waals surface area contributed by atoms with Crippen LogP contribution < -0.4 is 0 Å². The molecule has 1 fully saturated rings. The Morgan fingerprint density at radius 3 is 3.05 bits per heavy atom. The van der Waals surface area contributed by atoms with Crippen molar-refractivity contribution in [1.29, 1.82) is 5.26 Å². The van der Waals surface area contributed by atoms with Gasteiger partial charge in [0.15, 0.2) is 0 Å². The molecule has 2 aromatic rings. The minimum absolute atomic E-state index is 0.140. The number of hydrogen-bond donors (Lipinski definition) is 0. The number of rotatable bonds is 2. The molecule has 0 spiro atoms. The topological polar surface area (TPSA) is 87.0 Å². The minimum atomic E-state index is -3.68. The van der Waals surface area contributed by atoms with E-state index in [0.29, 0.717) is 30.4 Å². The van der Waals surface area contributed by atoms with E-state index < -0.39 is 16.1 Å². The highest BCUT2D eigenvalue weighted by Gasteiger charge is 2.36. The number of hydrogen-bond acceptors (Lipinski definition) is 6. The van der Waals surface area contributed by atoms with Crippen LogP contribution >= 0.6 is 11.7 Å². The van der Waals surface area contributed by atoms with E-state index in [1.165, 1.54) is 10.4 Å². The Morgan fingerprint density at radius 1 is 1.42 bits per heavy atom. The number of aromatic nitrogens is 2. The van der Waals surface area contributed by atoms with Gasteiger partial charge in [0, 0.05) is 6.54 Å². The van der Waals surface area contributed by atoms with Crippen molar-refractivity contribution < 1.29 is 8.42 Å². The summed E-state index contributed by atoms with van der Waals surface area (Å²) in [5, 5.41) is 9.04. The molecule has 2 heterocycles. The van der Waals surface area contributed by atoms with E-state index in [1.54, 1.807) is 12.1 Å². The van der Waals surface area contributed by atoms with Gasteiger partial charge in [-0.05, 0) is 25.0 Å². The van der Waals surface area contributed by atoms with Crippen LogP contribution in [-0.4, -0.2) is 34.1 Å². The largest absolute Gasteiger partial charge is 0.246 e. The first-order chi connectivity index (χ1) is 9.14. The fourth-order valence-electron chi connectivity index (χ4n) is 2.27. The predicted octanol–water partition coefficient (Wildman–Crippen LogP) is 1.37. The van der Waals surface area contributed by atoms with Crippen molar-refractivity contribution >= 4 is 32.8 Å². The summed E-state index contributed by atoms with van der Waals surface area (Å²) in [5.74, 6) is 0. The second kappa shape index (κ2) is 4.52. The summed E-state index contributed by atoms with van der Waals surface area (Å²) in [6.45, 7) is 0.383. The average molecular weight is 294 g/mol. The molecule has 1 atom stereocenters. The van der Waals surface area contributed by atoms with Crippen molar-refractivity contribution in [2.24, 2.45) is 0 Å². The van der Waals surface area contributed by atoms with Gasteiger partial charge < -0.3 is 0 Å². The summed E-state index contributed by atoms with van der Waals surface area (Å²) in [6.07, 6.45) is 1.30. The smallest absolute Gasteiger partial charge is 0.207 e. The molecule has 98 valence electrons. The third-order valence-corrected chi connectivity index (χ3v) is 5.67. The molecule has 0 saturated carbocycles. The molecule has 19 heavy (non-hydrogen) atoms. The van der Waals surface area contributed by atoms with Gasteiger partial charge in [-0.25, -0.2) is 8.42 Å². The number of nitriles is 1. The third kappa shape index (κ3) is 1.90. The molecule has 0 aliphatic carbocycles. The zero-order valence-electron chi connectivity index (χ0n) is 9.85. The zero-order chi connectivity index (χ0) is 13.5. The Hall–Kier alpha value is -1.56. The lowest BCUT2D eigenvalue weighted by Gasteiger charge is -2.19. The predicted molar refractivity (Wildman–Crippen MR) is 69.9 cm³/mol. The van der Waals surface area contributed by atoms with Crippen LogP contribution in [0.15, 0.2) is 23.1 Å². The molecule has 0 N–H and O–H groups in total. The van der Waals surface area contributed by atoms with Gasteiger partial charge in [-0.15, -0.1) is 0 Å². The SMILES string of the molecule is N#CC1CCCN1S(=O)(=O)c1cccc2nsnc12. The summed E-state index contributed by atoms with van der Waals surface area (Å²) in [6, 6.07) is 6.36. The van der Waals surface area contributed by atoms with E-state index in [0.717, 1.165) is 11.7 Å². The molecule has 1 saturated heterocycles. The first-order valence-electron chi connectivity index (χ1n) is 5.77. The van der Waals surface area contributed by atoms with Gasteiger partial charge >= 0.3 is 0 Å². The normalized spacial score (nSPS) is 20.7. The van der Waals surface area contributed by atoms with Crippen molar-refractivity contribution in [3.05, 3.63) is 18.2 Å². The molecule has 1 aliphatic rings. The van der Waals surface area contributed by atoms with Gasteiger partial charge in [0.2, 0.25) is 10.0 Å². The molecular weight excluding hydrogens is 284 g/mol. The number of nitrogens with zero attached hydrogens (tertiary/aromatic N) is 4. The third-order valence-electron chi connectivity index (χ3n) is 3.19. The molecule has 0 radical (unpaired) electrons. The molecule has 3 rings (SSSR count). The van der Waals surface area contributed by atoms with Crippen molar-refractivity contribution in [1.82, 2.24) is 13.1 Å². The Balaban J connectivity index is 2.15. The van der Waals surface area contributed by atoms with Crippen LogP contribution in [0.25, 0.3) is 11.0 Å². The molecular formula is C11H10N4O2S2. The summed E-state index contributed by atoms with van der Waals surface area (Å²) >= 11 is 0.984. The van der Waals surface area contributed by atoms with Gasteiger partial charge in [-0.1, -0.05) is 6.07 Å². The maximum absolute atomic E-state index is 12.6. The van der Waals surface area contributed by atoms with Crippen LogP contribution in [0.5, 0.6) is 0 Å². The highest BCUT2D eigenvalue weighted by atomic mass is 32.2. The highest BCUT2D eigenvalue weighted by Crippen LogP contribution is 2.29. The van der Waals surface area contributed by atoms with Crippen molar-refractivity contribution in [2.45, 2.75) is 23.8 Å². The second-order valence-corrected chi connectivity index (χ2v) is 6.68. The lowest BCUT2D eigenvalue weighted by molar-refractivity contribution is 0.438. The Morgan fingerprint density at radius 2 is 2.26 bits per heavy atom. The lowest BCUT2D eigenvalue weighted by Crippen LogP contribution is -2.34. The molecule has 1 aliphatic heterocycles. The Bertz CT molecular complexity index is 762. The molecule has 0 amide bonds. The van der Waals surface area contributed by atoms with E-state index in [1.807, 2.05) is 6.07 Å². The van der Waals surface area contributed by atoms with Crippen molar-refractivity contribution in [3.63, 3.8) is 0 Å².